The van der Waals surface area contributed by atoms with Crippen LogP contribution in [0.1, 0.15) is 13.3 Å². The molecule has 5 nitrogen and oxygen atoms in total. The topological polar surface area (TPSA) is 62.9 Å². The van der Waals surface area contributed by atoms with E-state index in [1.54, 1.807) is 19.2 Å². The molecule has 19 heavy (non-hydrogen) atoms. The van der Waals surface area contributed by atoms with Crippen LogP contribution in [0.4, 0.5) is 5.69 Å². The van der Waals surface area contributed by atoms with Crippen molar-refractivity contribution in [1.82, 2.24) is 0 Å². The minimum Gasteiger partial charge on any atom is -0.493 e. The van der Waals surface area contributed by atoms with Crippen LogP contribution >= 0.6 is 0 Å². The predicted molar refractivity (Wildman–Crippen MR) is 74.8 cm³/mol. The molecule has 5 heteroatoms. The molecule has 0 amide bonds. The molecule has 0 unspecified atom stereocenters. The summed E-state index contributed by atoms with van der Waals surface area (Å²) in [5.74, 6) is 1.43. The second-order valence-electron chi connectivity index (χ2n) is 4.04. The van der Waals surface area contributed by atoms with Crippen LogP contribution in [-0.4, -0.2) is 40.1 Å². The van der Waals surface area contributed by atoms with E-state index >= 15 is 0 Å². The first-order chi connectivity index (χ1) is 9.26. The second kappa shape index (κ2) is 9.47. The zero-order chi connectivity index (χ0) is 13.9. The molecule has 0 radical (unpaired) electrons. The van der Waals surface area contributed by atoms with Crippen molar-refractivity contribution in [2.24, 2.45) is 0 Å². The molecular formula is C14H23NO4. The first kappa shape index (κ1) is 15.6. The SMILES string of the molecule is CCCOc1cc(N)cc(OCCOCCOC)c1. The molecule has 0 aliphatic carbocycles. The highest BCUT2D eigenvalue weighted by Crippen LogP contribution is 2.24. The van der Waals surface area contributed by atoms with Crippen LogP contribution < -0.4 is 15.2 Å². The number of benzene rings is 1. The van der Waals surface area contributed by atoms with Crippen LogP contribution in [0.5, 0.6) is 11.5 Å². The van der Waals surface area contributed by atoms with Crippen LogP contribution in [0.2, 0.25) is 0 Å². The van der Waals surface area contributed by atoms with Crippen LogP contribution in [-0.2, 0) is 9.47 Å². The van der Waals surface area contributed by atoms with E-state index in [-0.39, 0.29) is 0 Å². The fourth-order valence-corrected chi connectivity index (χ4v) is 1.44. The van der Waals surface area contributed by atoms with Gasteiger partial charge in [-0.15, -0.1) is 0 Å². The molecule has 0 heterocycles. The first-order valence-corrected chi connectivity index (χ1v) is 6.49. The lowest BCUT2D eigenvalue weighted by Crippen LogP contribution is -2.10. The third kappa shape index (κ3) is 6.88. The largest absolute Gasteiger partial charge is 0.493 e. The predicted octanol–water partition coefficient (Wildman–Crippen LogP) is 2.10. The maximum absolute atomic E-state index is 5.79. The van der Waals surface area contributed by atoms with Gasteiger partial charge in [-0.25, -0.2) is 0 Å². The molecule has 0 fully saturated rings. The quantitative estimate of drug-likeness (QED) is 0.520. The maximum atomic E-state index is 5.79. The molecule has 0 aliphatic rings. The molecule has 0 saturated carbocycles. The summed E-state index contributed by atoms with van der Waals surface area (Å²) in [5.41, 5.74) is 6.42. The van der Waals surface area contributed by atoms with Crippen molar-refractivity contribution in [3.05, 3.63) is 18.2 Å². The molecular weight excluding hydrogens is 246 g/mol. The fourth-order valence-electron chi connectivity index (χ4n) is 1.44. The Morgan fingerprint density at radius 2 is 1.53 bits per heavy atom. The summed E-state index contributed by atoms with van der Waals surface area (Å²) < 4.78 is 21.3. The molecule has 0 saturated heterocycles. The van der Waals surface area contributed by atoms with Gasteiger partial charge >= 0.3 is 0 Å². The second-order valence-corrected chi connectivity index (χ2v) is 4.04. The van der Waals surface area contributed by atoms with E-state index in [0.717, 1.165) is 12.2 Å². The Balaban J connectivity index is 2.34. The van der Waals surface area contributed by atoms with Gasteiger partial charge in [-0.2, -0.15) is 0 Å². The van der Waals surface area contributed by atoms with E-state index in [4.69, 9.17) is 24.7 Å². The van der Waals surface area contributed by atoms with E-state index in [1.165, 1.54) is 0 Å². The summed E-state index contributed by atoms with van der Waals surface area (Å²) in [6.45, 7) is 4.88. The highest BCUT2D eigenvalue weighted by atomic mass is 16.5. The Hall–Kier alpha value is -1.46. The number of methoxy groups -OCH3 is 1. The third-order valence-electron chi connectivity index (χ3n) is 2.30. The average Bonchev–Trinajstić information content (AvgIpc) is 2.40. The number of nitrogen functional groups attached to an aromatic ring is 1. The number of ether oxygens (including phenoxy) is 4. The van der Waals surface area contributed by atoms with Gasteiger partial charge in [0.1, 0.15) is 18.1 Å². The average molecular weight is 269 g/mol. The van der Waals surface area contributed by atoms with Gasteiger partial charge in [-0.3, -0.25) is 0 Å². The zero-order valence-corrected chi connectivity index (χ0v) is 11.7. The Bertz CT molecular complexity index is 357. The molecule has 108 valence electrons. The summed E-state index contributed by atoms with van der Waals surface area (Å²) in [6, 6.07) is 5.40. The molecule has 0 bridgehead atoms. The van der Waals surface area contributed by atoms with Crippen LogP contribution in [0, 0.1) is 0 Å². The van der Waals surface area contributed by atoms with Gasteiger partial charge in [0.05, 0.1) is 26.4 Å². The number of rotatable bonds is 10. The van der Waals surface area contributed by atoms with Gasteiger partial charge in [-0.1, -0.05) is 6.92 Å². The van der Waals surface area contributed by atoms with E-state index in [0.29, 0.717) is 44.5 Å². The Morgan fingerprint density at radius 3 is 2.16 bits per heavy atom. The first-order valence-electron chi connectivity index (χ1n) is 6.49. The van der Waals surface area contributed by atoms with Gasteiger partial charge in [0, 0.05) is 31.0 Å². The van der Waals surface area contributed by atoms with Crippen LogP contribution in [0.15, 0.2) is 18.2 Å². The lowest BCUT2D eigenvalue weighted by molar-refractivity contribution is 0.0544. The highest BCUT2D eigenvalue weighted by molar-refractivity contribution is 5.50. The number of hydrogen-bond donors (Lipinski definition) is 1. The maximum Gasteiger partial charge on any atom is 0.125 e. The summed E-state index contributed by atoms with van der Waals surface area (Å²) in [4.78, 5) is 0. The minimum atomic E-state index is 0.473. The molecule has 0 atom stereocenters. The van der Waals surface area contributed by atoms with Crippen molar-refractivity contribution in [3.63, 3.8) is 0 Å². The van der Waals surface area contributed by atoms with E-state index in [2.05, 4.69) is 6.92 Å². The summed E-state index contributed by atoms with van der Waals surface area (Å²) >= 11 is 0. The van der Waals surface area contributed by atoms with E-state index in [9.17, 15) is 0 Å². The van der Waals surface area contributed by atoms with E-state index in [1.807, 2.05) is 6.07 Å². The Morgan fingerprint density at radius 1 is 0.895 bits per heavy atom. The van der Waals surface area contributed by atoms with Crippen molar-refractivity contribution in [1.29, 1.82) is 0 Å². The van der Waals surface area contributed by atoms with Gasteiger partial charge in [-0.05, 0) is 6.42 Å². The summed E-state index contributed by atoms with van der Waals surface area (Å²) in [6.07, 6.45) is 0.957. The Labute approximate surface area is 114 Å². The monoisotopic (exact) mass is 269 g/mol. The molecule has 1 aromatic rings. The van der Waals surface area contributed by atoms with Crippen molar-refractivity contribution in [2.45, 2.75) is 13.3 Å². The number of anilines is 1. The molecule has 1 rings (SSSR count). The smallest absolute Gasteiger partial charge is 0.125 e. The third-order valence-corrected chi connectivity index (χ3v) is 2.30. The lowest BCUT2D eigenvalue weighted by Gasteiger charge is -2.10. The lowest BCUT2D eigenvalue weighted by atomic mass is 10.3. The number of nitrogens with two attached hydrogens (primary N) is 1. The van der Waals surface area contributed by atoms with Gasteiger partial charge < -0.3 is 24.7 Å². The van der Waals surface area contributed by atoms with Crippen molar-refractivity contribution >= 4 is 5.69 Å². The fraction of sp³-hybridized carbons (Fsp3) is 0.571. The molecule has 0 aromatic heterocycles. The standard InChI is InChI=1S/C14H23NO4/c1-3-4-18-13-9-12(15)10-14(11-13)19-8-7-17-6-5-16-2/h9-11H,3-8,15H2,1-2H3. The zero-order valence-electron chi connectivity index (χ0n) is 11.7. The van der Waals surface area contributed by atoms with Crippen LogP contribution in [0.25, 0.3) is 0 Å². The summed E-state index contributed by atoms with van der Waals surface area (Å²) in [5, 5.41) is 0. The van der Waals surface area contributed by atoms with Gasteiger partial charge in [0.15, 0.2) is 0 Å². The molecule has 2 N–H and O–H groups in total. The van der Waals surface area contributed by atoms with Crippen molar-refractivity contribution in [3.8, 4) is 11.5 Å². The van der Waals surface area contributed by atoms with E-state index < -0.39 is 0 Å². The van der Waals surface area contributed by atoms with Crippen molar-refractivity contribution in [2.75, 3.05) is 45.9 Å². The Kier molecular flexibility index (Phi) is 7.77. The molecule has 0 spiro atoms. The molecule has 1 aromatic carbocycles. The van der Waals surface area contributed by atoms with Crippen LogP contribution in [0.3, 0.4) is 0 Å². The minimum absolute atomic E-state index is 0.473. The van der Waals surface area contributed by atoms with Gasteiger partial charge in [0.2, 0.25) is 0 Å². The normalized spacial score (nSPS) is 10.4. The van der Waals surface area contributed by atoms with Gasteiger partial charge in [0.25, 0.3) is 0 Å². The van der Waals surface area contributed by atoms with Crippen molar-refractivity contribution < 1.29 is 18.9 Å². The highest BCUT2D eigenvalue weighted by Gasteiger charge is 2.01. The summed E-state index contributed by atoms with van der Waals surface area (Å²) in [7, 11) is 1.64. The molecule has 0 aliphatic heterocycles. The number of hydrogen-bond acceptors (Lipinski definition) is 5.